The van der Waals surface area contributed by atoms with Gasteiger partial charge >= 0.3 is 0 Å². The monoisotopic (exact) mass is 669 g/mol. The maximum absolute atomic E-state index is 15.4. The summed E-state index contributed by atoms with van der Waals surface area (Å²) < 4.78 is 42.3. The Hall–Kier alpha value is -5.68. The van der Waals surface area contributed by atoms with Crippen molar-refractivity contribution in [3.8, 4) is 39.6 Å². The van der Waals surface area contributed by atoms with Crippen molar-refractivity contribution in [1.82, 2.24) is 19.5 Å². The van der Waals surface area contributed by atoms with E-state index in [9.17, 15) is 14.0 Å². The summed E-state index contributed by atoms with van der Waals surface area (Å²) in [6.07, 6.45) is 6.35. The van der Waals surface area contributed by atoms with Gasteiger partial charge in [0.25, 0.3) is 5.91 Å². The molecule has 6 rings (SSSR count). The zero-order valence-electron chi connectivity index (χ0n) is 26.3. The van der Waals surface area contributed by atoms with Gasteiger partial charge in [0, 0.05) is 71.0 Å². The minimum Gasteiger partial charge on any atom is -0.481 e. The first kappa shape index (κ1) is 33.7. The molecule has 244 valence electrons. The standard InChI is InChI=1S/C36H29F2N5O4.ClH/c1-20(2)43-19-27(34(44)32(21(43)3)22-7-9-24(37)10-8-22)35(45)41-25-11-12-30(28(38)16-25)47-31-13-15-40-29-17-26(23-6-5-14-39-18-23)36(46-4)42-33(29)31;/h5-20H,1-4H3,(H,41,45);1H. The van der Waals surface area contributed by atoms with E-state index in [-0.39, 0.29) is 46.8 Å². The van der Waals surface area contributed by atoms with Crippen LogP contribution in [0.4, 0.5) is 14.5 Å². The smallest absolute Gasteiger partial charge is 0.261 e. The lowest BCUT2D eigenvalue weighted by Crippen LogP contribution is -2.26. The van der Waals surface area contributed by atoms with Crippen molar-refractivity contribution in [3.05, 3.63) is 125 Å². The summed E-state index contributed by atoms with van der Waals surface area (Å²) in [5, 5.41) is 2.62. The van der Waals surface area contributed by atoms with Crippen molar-refractivity contribution in [2.75, 3.05) is 12.4 Å². The molecule has 12 heteroatoms. The van der Waals surface area contributed by atoms with Gasteiger partial charge in [-0.05, 0) is 62.7 Å². The second-order valence-corrected chi connectivity index (χ2v) is 11.0. The normalized spacial score (nSPS) is 10.9. The van der Waals surface area contributed by atoms with Crippen LogP contribution in [0.3, 0.4) is 0 Å². The molecule has 0 saturated heterocycles. The maximum Gasteiger partial charge on any atom is 0.261 e. The number of amides is 1. The average Bonchev–Trinajstić information content (AvgIpc) is 3.06. The number of rotatable bonds is 8. The number of nitrogens with zero attached hydrogens (tertiary/aromatic N) is 4. The Morgan fingerprint density at radius 3 is 2.40 bits per heavy atom. The molecule has 6 aromatic rings. The number of anilines is 1. The number of pyridine rings is 4. The summed E-state index contributed by atoms with van der Waals surface area (Å²) in [5.41, 5.74) is 3.16. The lowest BCUT2D eigenvalue weighted by Gasteiger charge is -2.20. The molecule has 0 fully saturated rings. The highest BCUT2D eigenvalue weighted by atomic mass is 35.5. The third kappa shape index (κ3) is 6.58. The van der Waals surface area contributed by atoms with Crippen molar-refractivity contribution in [2.45, 2.75) is 26.8 Å². The molecular formula is C36H30ClF2N5O4. The fourth-order valence-corrected chi connectivity index (χ4v) is 5.35. The molecule has 0 unspecified atom stereocenters. The second kappa shape index (κ2) is 14.0. The maximum atomic E-state index is 15.4. The van der Waals surface area contributed by atoms with E-state index in [4.69, 9.17) is 9.47 Å². The first-order chi connectivity index (χ1) is 22.6. The molecule has 0 aliphatic heterocycles. The molecular weight excluding hydrogens is 640 g/mol. The van der Waals surface area contributed by atoms with Gasteiger partial charge in [-0.1, -0.05) is 18.2 Å². The van der Waals surface area contributed by atoms with Gasteiger partial charge in [-0.3, -0.25) is 19.6 Å². The van der Waals surface area contributed by atoms with Crippen molar-refractivity contribution in [2.24, 2.45) is 0 Å². The van der Waals surface area contributed by atoms with E-state index in [0.29, 0.717) is 33.7 Å². The number of nitrogens with one attached hydrogen (secondary N) is 1. The summed E-state index contributed by atoms with van der Waals surface area (Å²) in [6.45, 7) is 5.60. The van der Waals surface area contributed by atoms with Crippen molar-refractivity contribution in [3.63, 3.8) is 0 Å². The number of carbonyl (C=O) groups excluding carboxylic acids is 1. The van der Waals surface area contributed by atoms with Crippen LogP contribution in [0.2, 0.25) is 0 Å². The number of ether oxygens (including phenoxy) is 2. The van der Waals surface area contributed by atoms with Gasteiger partial charge in [-0.2, -0.15) is 0 Å². The molecule has 48 heavy (non-hydrogen) atoms. The van der Waals surface area contributed by atoms with Crippen LogP contribution in [0.25, 0.3) is 33.3 Å². The van der Waals surface area contributed by atoms with Gasteiger partial charge in [0.1, 0.15) is 16.9 Å². The summed E-state index contributed by atoms with van der Waals surface area (Å²) in [5.74, 6) is -1.49. The second-order valence-electron chi connectivity index (χ2n) is 11.0. The number of hydrogen-bond donors (Lipinski definition) is 1. The number of hydrogen-bond acceptors (Lipinski definition) is 7. The summed E-state index contributed by atoms with van der Waals surface area (Å²) in [6, 6.07) is 16.4. The van der Waals surface area contributed by atoms with Crippen molar-refractivity contribution < 1.29 is 23.0 Å². The van der Waals surface area contributed by atoms with Gasteiger partial charge in [-0.15, -0.1) is 12.4 Å². The Morgan fingerprint density at radius 2 is 1.73 bits per heavy atom. The SMILES string of the molecule is COc1nc2c(Oc3ccc(NC(=O)c4cn(C(C)C)c(C)c(-c5ccc(F)cc5)c4=O)cc3F)ccnc2cc1-c1cccnc1.Cl. The summed E-state index contributed by atoms with van der Waals surface area (Å²) in [7, 11) is 1.50. The predicted molar refractivity (Wildman–Crippen MR) is 182 cm³/mol. The van der Waals surface area contributed by atoms with Gasteiger partial charge in [0.2, 0.25) is 11.3 Å². The van der Waals surface area contributed by atoms with Crippen LogP contribution in [0, 0.1) is 18.6 Å². The molecule has 0 radical (unpaired) electrons. The molecule has 1 N–H and O–H groups in total. The number of aromatic nitrogens is 4. The minimum atomic E-state index is -0.762. The Balaban J connectivity index is 0.00000451. The molecule has 9 nitrogen and oxygen atoms in total. The highest BCUT2D eigenvalue weighted by Gasteiger charge is 2.21. The molecule has 0 saturated carbocycles. The van der Waals surface area contributed by atoms with E-state index >= 15 is 4.39 Å². The molecule has 0 spiro atoms. The fraction of sp³-hybridized carbons (Fsp3) is 0.139. The quantitative estimate of drug-likeness (QED) is 0.174. The number of carbonyl (C=O) groups is 1. The highest BCUT2D eigenvalue weighted by molar-refractivity contribution is 6.04. The van der Waals surface area contributed by atoms with Crippen LogP contribution >= 0.6 is 12.4 Å². The summed E-state index contributed by atoms with van der Waals surface area (Å²) >= 11 is 0. The molecule has 0 bridgehead atoms. The van der Waals surface area contributed by atoms with Gasteiger partial charge in [0.15, 0.2) is 17.3 Å². The molecule has 4 heterocycles. The molecule has 0 aliphatic carbocycles. The van der Waals surface area contributed by atoms with Crippen molar-refractivity contribution >= 4 is 35.0 Å². The van der Waals surface area contributed by atoms with E-state index in [1.807, 2.05) is 19.9 Å². The zero-order chi connectivity index (χ0) is 33.2. The number of fused-ring (bicyclic) bond motifs is 1. The fourth-order valence-electron chi connectivity index (χ4n) is 5.35. The molecule has 0 atom stereocenters. The van der Waals surface area contributed by atoms with Crippen LogP contribution in [0.1, 0.15) is 35.9 Å². The van der Waals surface area contributed by atoms with Crippen LogP contribution in [0.5, 0.6) is 17.4 Å². The van der Waals surface area contributed by atoms with Crippen molar-refractivity contribution in [1.29, 1.82) is 0 Å². The molecule has 0 aliphatic rings. The van der Waals surface area contributed by atoms with E-state index in [1.165, 1.54) is 55.9 Å². The Labute approximate surface area is 280 Å². The summed E-state index contributed by atoms with van der Waals surface area (Å²) in [4.78, 5) is 40.1. The van der Waals surface area contributed by atoms with E-state index in [2.05, 4.69) is 20.3 Å². The van der Waals surface area contributed by atoms with Crippen LogP contribution in [0.15, 0.2) is 96.3 Å². The van der Waals surface area contributed by atoms with E-state index < -0.39 is 23.0 Å². The largest absolute Gasteiger partial charge is 0.481 e. The predicted octanol–water partition coefficient (Wildman–Crippen LogP) is 8.16. The van der Waals surface area contributed by atoms with Gasteiger partial charge in [0.05, 0.1) is 12.6 Å². The third-order valence-corrected chi connectivity index (χ3v) is 7.64. The first-order valence-corrected chi connectivity index (χ1v) is 14.7. The molecule has 4 aromatic heterocycles. The number of methoxy groups -OCH3 is 1. The highest BCUT2D eigenvalue weighted by Crippen LogP contribution is 2.36. The van der Waals surface area contributed by atoms with Gasteiger partial charge < -0.3 is 19.4 Å². The zero-order valence-corrected chi connectivity index (χ0v) is 27.1. The topological polar surface area (TPSA) is 108 Å². The Morgan fingerprint density at radius 1 is 0.958 bits per heavy atom. The molecule has 1 amide bonds. The first-order valence-electron chi connectivity index (χ1n) is 14.7. The van der Waals surface area contributed by atoms with Crippen LogP contribution in [-0.4, -0.2) is 32.5 Å². The average molecular weight is 670 g/mol. The van der Waals surface area contributed by atoms with E-state index in [1.54, 1.807) is 42.1 Å². The minimum absolute atomic E-state index is 0. The number of benzene rings is 2. The van der Waals surface area contributed by atoms with Crippen LogP contribution < -0.4 is 20.2 Å². The van der Waals surface area contributed by atoms with Crippen LogP contribution in [-0.2, 0) is 0 Å². The lowest BCUT2D eigenvalue weighted by molar-refractivity contribution is 0.102. The van der Waals surface area contributed by atoms with E-state index in [0.717, 1.165) is 11.6 Å². The molecule has 2 aromatic carbocycles. The van der Waals surface area contributed by atoms with Gasteiger partial charge in [-0.25, -0.2) is 13.8 Å². The lowest BCUT2D eigenvalue weighted by atomic mass is 10.00. The Kier molecular flexibility index (Phi) is 9.81. The third-order valence-electron chi connectivity index (χ3n) is 7.64. The number of halogens is 3. The Bertz CT molecular complexity index is 2190.